The van der Waals surface area contributed by atoms with Gasteiger partial charge in [0.2, 0.25) is 5.91 Å². The molecule has 0 spiro atoms. The molecule has 0 radical (unpaired) electrons. The zero-order chi connectivity index (χ0) is 12.2. The Morgan fingerprint density at radius 1 is 1.41 bits per heavy atom. The van der Waals surface area contributed by atoms with Gasteiger partial charge in [-0.1, -0.05) is 31.5 Å². The Balaban J connectivity index is 1.86. The van der Waals surface area contributed by atoms with Gasteiger partial charge >= 0.3 is 0 Å². The molecule has 1 heterocycles. The summed E-state index contributed by atoms with van der Waals surface area (Å²) in [5, 5.41) is 6.40. The predicted octanol–water partition coefficient (Wildman–Crippen LogP) is 2.38. The lowest BCUT2D eigenvalue weighted by Crippen LogP contribution is -2.31. The number of anilines is 1. The predicted molar refractivity (Wildman–Crippen MR) is 67.9 cm³/mol. The molecule has 1 fully saturated rings. The van der Waals surface area contributed by atoms with Gasteiger partial charge in [0.1, 0.15) is 6.04 Å². The van der Waals surface area contributed by atoms with Gasteiger partial charge in [0.15, 0.2) is 0 Å². The highest BCUT2D eigenvalue weighted by Crippen LogP contribution is 2.46. The van der Waals surface area contributed by atoms with E-state index in [4.69, 9.17) is 0 Å². The van der Waals surface area contributed by atoms with Crippen molar-refractivity contribution in [1.29, 1.82) is 0 Å². The summed E-state index contributed by atoms with van der Waals surface area (Å²) < 4.78 is 0. The summed E-state index contributed by atoms with van der Waals surface area (Å²) in [7, 11) is 0. The number of hydrogen-bond donors (Lipinski definition) is 2. The maximum absolute atomic E-state index is 11.9. The van der Waals surface area contributed by atoms with Gasteiger partial charge < -0.3 is 5.32 Å². The van der Waals surface area contributed by atoms with Crippen LogP contribution in [0.15, 0.2) is 18.2 Å². The van der Waals surface area contributed by atoms with E-state index in [0.717, 1.165) is 17.7 Å². The third-order valence-electron chi connectivity index (χ3n) is 3.92. The quantitative estimate of drug-likeness (QED) is 0.819. The van der Waals surface area contributed by atoms with Crippen LogP contribution in [-0.2, 0) is 4.79 Å². The number of benzene rings is 1. The van der Waals surface area contributed by atoms with E-state index < -0.39 is 0 Å². The minimum absolute atomic E-state index is 0.0771. The van der Waals surface area contributed by atoms with E-state index in [1.165, 1.54) is 5.56 Å². The Labute approximate surface area is 102 Å². The molecule has 3 heteroatoms. The van der Waals surface area contributed by atoms with Gasteiger partial charge in [0.25, 0.3) is 0 Å². The first kappa shape index (κ1) is 10.8. The number of carbonyl (C=O) groups is 1. The lowest BCUT2D eigenvalue weighted by molar-refractivity contribution is -0.117. The molecule has 0 saturated heterocycles. The first-order chi connectivity index (χ1) is 7.97. The Hall–Kier alpha value is -1.35. The Bertz CT molecular complexity index is 493. The molecule has 0 bridgehead atoms. The van der Waals surface area contributed by atoms with E-state index in [-0.39, 0.29) is 11.9 Å². The Kier molecular flexibility index (Phi) is 2.11. The van der Waals surface area contributed by atoms with Crippen LogP contribution in [0.3, 0.4) is 0 Å². The Morgan fingerprint density at radius 2 is 2.12 bits per heavy atom. The molecule has 2 aliphatic rings. The second-order valence-electron chi connectivity index (χ2n) is 5.92. The van der Waals surface area contributed by atoms with Crippen molar-refractivity contribution in [1.82, 2.24) is 5.32 Å². The number of aryl methyl sites for hydroxylation is 1. The van der Waals surface area contributed by atoms with Gasteiger partial charge in [-0.05, 0) is 24.8 Å². The zero-order valence-corrected chi connectivity index (χ0v) is 10.5. The van der Waals surface area contributed by atoms with E-state index >= 15 is 0 Å². The molecule has 3 rings (SSSR count). The fraction of sp³-hybridized carbons (Fsp3) is 0.500. The number of fused-ring (bicyclic) bond motifs is 1. The largest absolute Gasteiger partial charge is 0.324 e. The highest BCUT2D eigenvalue weighted by Gasteiger charge is 2.48. The molecule has 1 aliphatic carbocycles. The Morgan fingerprint density at radius 3 is 2.76 bits per heavy atom. The van der Waals surface area contributed by atoms with Crippen molar-refractivity contribution in [2.24, 2.45) is 5.41 Å². The minimum Gasteiger partial charge on any atom is -0.324 e. The highest BCUT2D eigenvalue weighted by atomic mass is 16.2. The molecule has 17 heavy (non-hydrogen) atoms. The van der Waals surface area contributed by atoms with Crippen LogP contribution in [0.25, 0.3) is 0 Å². The molecule has 2 unspecified atom stereocenters. The van der Waals surface area contributed by atoms with Crippen LogP contribution in [-0.4, -0.2) is 11.9 Å². The van der Waals surface area contributed by atoms with Crippen molar-refractivity contribution in [2.45, 2.75) is 39.3 Å². The molecule has 90 valence electrons. The lowest BCUT2D eigenvalue weighted by atomic mass is 10.0. The van der Waals surface area contributed by atoms with Crippen LogP contribution in [0.5, 0.6) is 0 Å². The van der Waals surface area contributed by atoms with Crippen LogP contribution in [0.4, 0.5) is 5.69 Å². The molecule has 2 atom stereocenters. The van der Waals surface area contributed by atoms with Crippen LogP contribution in [0, 0.1) is 12.3 Å². The van der Waals surface area contributed by atoms with Gasteiger partial charge in [-0.2, -0.15) is 0 Å². The topological polar surface area (TPSA) is 41.1 Å². The normalized spacial score (nSPS) is 28.8. The van der Waals surface area contributed by atoms with Gasteiger partial charge in [-0.3, -0.25) is 10.1 Å². The fourth-order valence-electron chi connectivity index (χ4n) is 2.50. The molecule has 1 aliphatic heterocycles. The molecule has 1 aromatic rings. The van der Waals surface area contributed by atoms with E-state index in [9.17, 15) is 4.79 Å². The van der Waals surface area contributed by atoms with Crippen molar-refractivity contribution < 1.29 is 4.79 Å². The molecular formula is C14H18N2O. The fourth-order valence-corrected chi connectivity index (χ4v) is 2.50. The summed E-state index contributed by atoms with van der Waals surface area (Å²) in [6, 6.07) is 6.41. The first-order valence-electron chi connectivity index (χ1n) is 6.15. The van der Waals surface area contributed by atoms with Crippen LogP contribution >= 0.6 is 0 Å². The number of hydrogen-bond acceptors (Lipinski definition) is 2. The van der Waals surface area contributed by atoms with Gasteiger partial charge in [-0.25, -0.2) is 0 Å². The molecular weight excluding hydrogens is 212 g/mol. The molecule has 0 aromatic heterocycles. The van der Waals surface area contributed by atoms with E-state index in [2.05, 4.69) is 37.5 Å². The summed E-state index contributed by atoms with van der Waals surface area (Å²) >= 11 is 0. The summed E-state index contributed by atoms with van der Waals surface area (Å²) in [4.78, 5) is 11.9. The van der Waals surface area contributed by atoms with Crippen molar-refractivity contribution >= 4 is 11.6 Å². The van der Waals surface area contributed by atoms with E-state index in [1.807, 2.05) is 12.1 Å². The van der Waals surface area contributed by atoms with Crippen molar-refractivity contribution in [3.63, 3.8) is 0 Å². The van der Waals surface area contributed by atoms with E-state index in [0.29, 0.717) is 11.5 Å². The minimum atomic E-state index is -0.170. The average molecular weight is 230 g/mol. The van der Waals surface area contributed by atoms with Crippen molar-refractivity contribution in [2.75, 3.05) is 5.32 Å². The molecule has 1 aromatic carbocycles. The highest BCUT2D eigenvalue weighted by molar-refractivity contribution is 6.02. The molecule has 1 saturated carbocycles. The first-order valence-corrected chi connectivity index (χ1v) is 6.15. The van der Waals surface area contributed by atoms with Gasteiger partial charge in [-0.15, -0.1) is 0 Å². The summed E-state index contributed by atoms with van der Waals surface area (Å²) in [5.74, 6) is 0.0771. The molecule has 3 nitrogen and oxygen atoms in total. The average Bonchev–Trinajstić information content (AvgIpc) is 2.73. The number of amides is 1. The van der Waals surface area contributed by atoms with Crippen molar-refractivity contribution in [3.05, 3.63) is 29.3 Å². The van der Waals surface area contributed by atoms with Crippen LogP contribution in [0.2, 0.25) is 0 Å². The van der Waals surface area contributed by atoms with Crippen LogP contribution < -0.4 is 10.6 Å². The monoisotopic (exact) mass is 230 g/mol. The smallest absolute Gasteiger partial charge is 0.246 e. The van der Waals surface area contributed by atoms with Crippen LogP contribution in [0.1, 0.15) is 37.4 Å². The standard InChI is InChI=1S/C14H18N2O/c1-8-4-5-10-9(6-8)12(13(17)15-10)16-11-7-14(11,2)3/h4-6,11-12,16H,7H2,1-3H3,(H,15,17). The maximum Gasteiger partial charge on any atom is 0.246 e. The van der Waals surface area contributed by atoms with Gasteiger partial charge in [0.05, 0.1) is 0 Å². The van der Waals surface area contributed by atoms with Crippen molar-refractivity contribution in [3.8, 4) is 0 Å². The van der Waals surface area contributed by atoms with E-state index in [1.54, 1.807) is 0 Å². The molecule has 1 amide bonds. The summed E-state index contributed by atoms with van der Waals surface area (Å²) in [5.41, 5.74) is 3.59. The maximum atomic E-state index is 11.9. The number of rotatable bonds is 2. The summed E-state index contributed by atoms with van der Waals surface area (Å²) in [6.07, 6.45) is 1.15. The lowest BCUT2D eigenvalue weighted by Gasteiger charge is -2.13. The SMILES string of the molecule is Cc1ccc2c(c1)C(NC1CC1(C)C)C(=O)N2. The second kappa shape index (κ2) is 3.33. The summed E-state index contributed by atoms with van der Waals surface area (Å²) in [6.45, 7) is 6.52. The van der Waals surface area contributed by atoms with Gasteiger partial charge in [0, 0.05) is 17.3 Å². The third-order valence-corrected chi connectivity index (χ3v) is 3.92. The number of nitrogens with one attached hydrogen (secondary N) is 2. The number of carbonyl (C=O) groups excluding carboxylic acids is 1. The second-order valence-corrected chi connectivity index (χ2v) is 5.92. The third kappa shape index (κ3) is 1.75. The molecule has 2 N–H and O–H groups in total. The zero-order valence-electron chi connectivity index (χ0n) is 10.5.